The number of halogens is 2. The second kappa shape index (κ2) is 9.35. The molecule has 0 unspecified atom stereocenters. The van der Waals surface area contributed by atoms with Gasteiger partial charge in [0.1, 0.15) is 23.5 Å². The van der Waals surface area contributed by atoms with Gasteiger partial charge in [0.05, 0.1) is 31.2 Å². The third-order valence-electron chi connectivity index (χ3n) is 4.45. The highest BCUT2D eigenvalue weighted by Gasteiger charge is 2.18. The molecule has 3 heterocycles. The van der Waals surface area contributed by atoms with Crippen LogP contribution in [0.3, 0.4) is 0 Å². The number of benzene rings is 1. The van der Waals surface area contributed by atoms with Crippen LogP contribution < -0.4 is 10.0 Å². The van der Waals surface area contributed by atoms with Crippen molar-refractivity contribution in [2.24, 2.45) is 0 Å². The largest absolute Gasteiger partial charge is 0.364 e. The predicted molar refractivity (Wildman–Crippen MR) is 116 cm³/mol. The third-order valence-corrected chi connectivity index (χ3v) is 5.05. The van der Waals surface area contributed by atoms with Gasteiger partial charge < -0.3 is 9.84 Å². The molecule has 34 heavy (non-hydrogen) atoms. The van der Waals surface area contributed by atoms with Crippen molar-refractivity contribution in [2.45, 2.75) is 6.54 Å². The lowest BCUT2D eigenvalue weighted by Gasteiger charge is -2.08. The Morgan fingerprint density at radius 2 is 1.94 bits per heavy atom. The number of carbonyl (C=O) groups excluding carboxylic acids is 1. The van der Waals surface area contributed by atoms with Crippen molar-refractivity contribution in [2.75, 3.05) is 18.1 Å². The quantitative estimate of drug-likeness (QED) is 0.378. The van der Waals surface area contributed by atoms with E-state index in [2.05, 4.69) is 25.5 Å². The minimum absolute atomic E-state index is 0.00412. The van der Waals surface area contributed by atoms with Crippen molar-refractivity contribution >= 4 is 21.7 Å². The fraction of sp³-hybridized carbons (Fsp3) is 0.150. The van der Waals surface area contributed by atoms with Crippen LogP contribution in [0.4, 0.5) is 14.6 Å². The Bertz CT molecular complexity index is 1440. The van der Waals surface area contributed by atoms with Gasteiger partial charge in [-0.3, -0.25) is 14.2 Å². The highest BCUT2D eigenvalue weighted by atomic mass is 32.2. The summed E-state index contributed by atoms with van der Waals surface area (Å²) in [4.78, 5) is 19.7. The Balaban J connectivity index is 1.64. The maximum absolute atomic E-state index is 14.2. The summed E-state index contributed by atoms with van der Waals surface area (Å²) in [5, 5.41) is 10.7. The molecule has 0 aliphatic carbocycles. The molecule has 2 N–H and O–H groups in total. The zero-order valence-electron chi connectivity index (χ0n) is 17.6. The van der Waals surface area contributed by atoms with E-state index in [0.29, 0.717) is 17.0 Å². The van der Waals surface area contributed by atoms with E-state index in [1.54, 1.807) is 35.1 Å². The number of hydrogen-bond donors (Lipinski definition) is 2. The molecule has 14 heteroatoms. The van der Waals surface area contributed by atoms with Gasteiger partial charge in [0, 0.05) is 11.6 Å². The molecule has 0 atom stereocenters. The average molecular weight is 489 g/mol. The monoisotopic (exact) mass is 489 g/mol. The van der Waals surface area contributed by atoms with Gasteiger partial charge in [-0.15, -0.1) is 0 Å². The highest BCUT2D eigenvalue weighted by molar-refractivity contribution is 7.89. The standard InChI is InChI=1S/C20H17F2N7O4S/c1-34(31,32)28-18(30)10-24-19-14(22)9-23-20(25-19)16-8-17(15-6-7-33-27-15)29(26-16)11-12-4-2-3-5-13(12)21/h2-9H,10-11H2,1H3,(H,28,30)(H,23,24,25). The van der Waals surface area contributed by atoms with Crippen LogP contribution in [0.15, 0.2) is 53.4 Å². The second-order valence-corrected chi connectivity index (χ2v) is 8.84. The van der Waals surface area contributed by atoms with Crippen LogP contribution in [0.25, 0.3) is 22.9 Å². The Hall–Kier alpha value is -4.20. The number of nitrogens with zero attached hydrogens (tertiary/aromatic N) is 5. The molecule has 176 valence electrons. The number of rotatable bonds is 8. The van der Waals surface area contributed by atoms with E-state index in [4.69, 9.17) is 4.52 Å². The zero-order valence-corrected chi connectivity index (χ0v) is 18.4. The van der Waals surface area contributed by atoms with Crippen LogP contribution in [-0.4, -0.2) is 52.0 Å². The smallest absolute Gasteiger partial charge is 0.252 e. The molecule has 3 aromatic heterocycles. The SMILES string of the molecule is CS(=O)(=O)NC(=O)CNc1nc(-c2cc(-c3ccon3)n(Cc3ccccc3F)n2)ncc1F. The lowest BCUT2D eigenvalue weighted by Crippen LogP contribution is -2.34. The number of amides is 1. The van der Waals surface area contributed by atoms with E-state index in [-0.39, 0.29) is 23.9 Å². The van der Waals surface area contributed by atoms with Crippen molar-refractivity contribution < 1.29 is 26.5 Å². The van der Waals surface area contributed by atoms with Crippen LogP contribution in [0.2, 0.25) is 0 Å². The van der Waals surface area contributed by atoms with Gasteiger partial charge in [-0.2, -0.15) is 5.10 Å². The van der Waals surface area contributed by atoms with E-state index in [0.717, 1.165) is 12.5 Å². The van der Waals surface area contributed by atoms with Crippen LogP contribution in [0, 0.1) is 11.6 Å². The lowest BCUT2D eigenvalue weighted by atomic mass is 10.2. The molecule has 4 rings (SSSR count). The molecule has 1 amide bonds. The number of hydrogen-bond acceptors (Lipinski definition) is 9. The van der Waals surface area contributed by atoms with Crippen molar-refractivity contribution in [3.8, 4) is 22.9 Å². The Kier molecular flexibility index (Phi) is 6.32. The summed E-state index contributed by atoms with van der Waals surface area (Å²) < 4.78 is 58.8. The normalized spacial score (nSPS) is 11.4. The molecule has 0 bridgehead atoms. The third kappa shape index (κ3) is 5.40. The van der Waals surface area contributed by atoms with Crippen LogP contribution in [0.5, 0.6) is 0 Å². The first-order valence-electron chi connectivity index (χ1n) is 9.69. The summed E-state index contributed by atoms with van der Waals surface area (Å²) in [6, 6.07) is 9.38. The molecule has 1 aromatic carbocycles. The zero-order chi connectivity index (χ0) is 24.3. The Labute approximate surface area is 191 Å². The molecule has 0 aliphatic heterocycles. The van der Waals surface area contributed by atoms with Crippen molar-refractivity contribution in [3.05, 3.63) is 66.1 Å². The maximum atomic E-state index is 14.2. The number of sulfonamides is 1. The fourth-order valence-electron chi connectivity index (χ4n) is 3.01. The topological polar surface area (TPSA) is 145 Å². The van der Waals surface area contributed by atoms with Crippen LogP contribution in [-0.2, 0) is 21.4 Å². The summed E-state index contributed by atoms with van der Waals surface area (Å²) in [5.74, 6) is -2.50. The van der Waals surface area contributed by atoms with Gasteiger partial charge >= 0.3 is 0 Å². The minimum atomic E-state index is -3.76. The average Bonchev–Trinajstić information content (AvgIpc) is 3.43. The molecule has 11 nitrogen and oxygen atoms in total. The van der Waals surface area contributed by atoms with Gasteiger partial charge in [-0.1, -0.05) is 23.4 Å². The number of aromatic nitrogens is 5. The molecule has 0 spiro atoms. The van der Waals surface area contributed by atoms with Crippen molar-refractivity contribution in [1.82, 2.24) is 29.6 Å². The van der Waals surface area contributed by atoms with Crippen LogP contribution in [0.1, 0.15) is 5.56 Å². The Morgan fingerprint density at radius 1 is 1.15 bits per heavy atom. The molecule has 0 saturated heterocycles. The van der Waals surface area contributed by atoms with Crippen molar-refractivity contribution in [3.63, 3.8) is 0 Å². The molecular formula is C20H17F2N7O4S. The van der Waals surface area contributed by atoms with Gasteiger partial charge in [-0.05, 0) is 12.1 Å². The molecular weight excluding hydrogens is 472 g/mol. The highest BCUT2D eigenvalue weighted by Crippen LogP contribution is 2.25. The van der Waals surface area contributed by atoms with Gasteiger partial charge in [-0.25, -0.2) is 27.2 Å². The number of anilines is 1. The maximum Gasteiger partial charge on any atom is 0.252 e. The van der Waals surface area contributed by atoms with E-state index >= 15 is 0 Å². The molecule has 0 radical (unpaired) electrons. The minimum Gasteiger partial charge on any atom is -0.364 e. The van der Waals surface area contributed by atoms with Gasteiger partial charge in [0.2, 0.25) is 10.0 Å². The summed E-state index contributed by atoms with van der Waals surface area (Å²) >= 11 is 0. The summed E-state index contributed by atoms with van der Waals surface area (Å²) in [7, 11) is -3.76. The van der Waals surface area contributed by atoms with Gasteiger partial charge in [0.25, 0.3) is 5.91 Å². The van der Waals surface area contributed by atoms with E-state index in [1.807, 2.05) is 0 Å². The lowest BCUT2D eigenvalue weighted by molar-refractivity contribution is -0.117. The molecule has 0 aliphatic rings. The van der Waals surface area contributed by atoms with E-state index in [1.165, 1.54) is 17.0 Å². The fourth-order valence-corrected chi connectivity index (χ4v) is 3.49. The predicted octanol–water partition coefficient (Wildman–Crippen LogP) is 1.81. The second-order valence-electron chi connectivity index (χ2n) is 7.09. The molecule has 0 saturated carbocycles. The number of carbonyl (C=O) groups is 1. The summed E-state index contributed by atoms with van der Waals surface area (Å²) in [6.07, 6.45) is 3.07. The molecule has 0 fully saturated rings. The Morgan fingerprint density at radius 3 is 2.65 bits per heavy atom. The first-order chi connectivity index (χ1) is 16.2. The summed E-state index contributed by atoms with van der Waals surface area (Å²) in [6.45, 7) is -0.487. The first kappa shape index (κ1) is 23.0. The van der Waals surface area contributed by atoms with E-state index in [9.17, 15) is 22.0 Å². The van der Waals surface area contributed by atoms with E-state index < -0.39 is 34.1 Å². The van der Waals surface area contributed by atoms with Crippen LogP contribution >= 0.6 is 0 Å². The van der Waals surface area contributed by atoms with Crippen molar-refractivity contribution in [1.29, 1.82) is 0 Å². The molecule has 4 aromatic rings. The van der Waals surface area contributed by atoms with Gasteiger partial charge in [0.15, 0.2) is 17.5 Å². The number of nitrogens with one attached hydrogen (secondary N) is 2. The summed E-state index contributed by atoms with van der Waals surface area (Å²) in [5.41, 5.74) is 1.49. The first-order valence-corrected chi connectivity index (χ1v) is 11.6.